The van der Waals surface area contributed by atoms with Gasteiger partial charge in [-0.15, -0.1) is 0 Å². The lowest BCUT2D eigenvalue weighted by molar-refractivity contribution is 0.000317. The number of rotatable bonds is 3. The maximum atomic E-state index is 9.87. The van der Waals surface area contributed by atoms with Gasteiger partial charge in [0.25, 0.3) is 0 Å². The van der Waals surface area contributed by atoms with E-state index in [4.69, 9.17) is 0 Å². The van der Waals surface area contributed by atoms with Gasteiger partial charge in [0, 0.05) is 29.6 Å². The largest absolute Gasteiger partial charge is 0.508 e. The first-order valence-corrected chi connectivity index (χ1v) is 13.5. The van der Waals surface area contributed by atoms with E-state index in [0.29, 0.717) is 17.5 Å². The highest BCUT2D eigenvalue weighted by Gasteiger charge is 2.39. The minimum Gasteiger partial charge on any atom is -0.508 e. The summed E-state index contributed by atoms with van der Waals surface area (Å²) in [5.74, 6) is 2.51. The number of aromatic hydroxyl groups is 2. The van der Waals surface area contributed by atoms with Gasteiger partial charge in [-0.1, -0.05) is 61.9 Å². The molecule has 2 N–H and O–H groups in total. The van der Waals surface area contributed by atoms with E-state index >= 15 is 0 Å². The highest BCUT2D eigenvalue weighted by Crippen LogP contribution is 2.39. The molecule has 0 saturated carbocycles. The number of nitrogens with zero attached hydrogens (tertiary/aromatic N) is 2. The van der Waals surface area contributed by atoms with Crippen molar-refractivity contribution in [1.29, 1.82) is 0 Å². The fourth-order valence-corrected chi connectivity index (χ4v) is 6.58. The van der Waals surface area contributed by atoms with Crippen LogP contribution in [0.3, 0.4) is 0 Å². The third kappa shape index (κ3) is 4.62. The lowest BCUT2D eigenvalue weighted by Crippen LogP contribution is -2.53. The molecule has 1 aromatic heterocycles. The fraction of sp³-hybridized carbons (Fsp3) is 0.303. The molecule has 3 aliphatic heterocycles. The van der Waals surface area contributed by atoms with Gasteiger partial charge in [-0.05, 0) is 89.7 Å². The van der Waals surface area contributed by atoms with Crippen LogP contribution in [0.15, 0.2) is 85.1 Å². The monoisotopic (exact) mass is 490 g/mol. The molecule has 0 aliphatic carbocycles. The van der Waals surface area contributed by atoms with Crippen LogP contribution >= 0.6 is 0 Å². The second kappa shape index (κ2) is 10.0. The smallest absolute Gasteiger partial charge is 0.124 e. The minimum atomic E-state index is 0.332. The van der Waals surface area contributed by atoms with E-state index < -0.39 is 0 Å². The highest BCUT2D eigenvalue weighted by molar-refractivity contribution is 6.10. The van der Waals surface area contributed by atoms with Crippen molar-refractivity contribution in [3.63, 3.8) is 0 Å². The molecule has 4 heteroatoms. The average molecular weight is 491 g/mol. The number of phenolic OH excluding ortho intramolecular Hbond substituents is 2. The predicted octanol–water partition coefficient (Wildman–Crippen LogP) is 7.30. The Morgan fingerprint density at radius 1 is 0.865 bits per heavy atom. The fourth-order valence-electron chi connectivity index (χ4n) is 6.58. The van der Waals surface area contributed by atoms with Crippen LogP contribution in [-0.2, 0) is 6.42 Å². The molecule has 4 atom stereocenters. The van der Waals surface area contributed by atoms with Crippen LogP contribution in [0, 0.1) is 11.8 Å². The molecule has 3 fully saturated rings. The summed E-state index contributed by atoms with van der Waals surface area (Å²) >= 11 is 0. The van der Waals surface area contributed by atoms with E-state index in [-0.39, 0.29) is 0 Å². The Hall–Kier alpha value is -3.63. The van der Waals surface area contributed by atoms with Gasteiger partial charge in [-0.2, -0.15) is 0 Å². The van der Waals surface area contributed by atoms with Crippen molar-refractivity contribution in [3.05, 3.63) is 90.6 Å². The molecule has 2 bridgehead atoms. The van der Waals surface area contributed by atoms with Crippen LogP contribution in [0.2, 0.25) is 0 Å². The van der Waals surface area contributed by atoms with Gasteiger partial charge in [0.1, 0.15) is 11.5 Å². The van der Waals surface area contributed by atoms with E-state index in [1.807, 2.05) is 66.9 Å². The maximum Gasteiger partial charge on any atom is 0.124 e. The van der Waals surface area contributed by atoms with Crippen molar-refractivity contribution >= 4 is 32.4 Å². The first-order valence-electron chi connectivity index (χ1n) is 13.5. The minimum absolute atomic E-state index is 0.332. The third-order valence-electron chi connectivity index (χ3n) is 8.56. The standard InChI is InChI=1S/C19H24N2O.C14H10O/c1-2-13-12-21-8-6-14(13)9-16(21)10-15-5-7-20-19-4-3-17(22)11-18(15)19;15-14-9-10-5-1-2-6-11(10)12-7-3-4-8-13(12)14/h3-5,7,11,13-14,16,22H,2,6,8-10,12H2,1H3;1-9,15H. The number of pyridine rings is 1. The molecule has 4 aromatic carbocycles. The summed E-state index contributed by atoms with van der Waals surface area (Å²) < 4.78 is 0. The first-order chi connectivity index (χ1) is 18.1. The summed E-state index contributed by atoms with van der Waals surface area (Å²) in [6, 6.07) is 26.1. The molecule has 37 heavy (non-hydrogen) atoms. The molecule has 0 amide bonds. The molecule has 188 valence electrons. The number of aromatic nitrogens is 1. The van der Waals surface area contributed by atoms with Gasteiger partial charge in [0.05, 0.1) is 5.52 Å². The van der Waals surface area contributed by atoms with Gasteiger partial charge in [0.15, 0.2) is 0 Å². The summed E-state index contributed by atoms with van der Waals surface area (Å²) in [4.78, 5) is 7.12. The van der Waals surface area contributed by atoms with Crippen LogP contribution < -0.4 is 0 Å². The van der Waals surface area contributed by atoms with Crippen LogP contribution in [0.25, 0.3) is 32.4 Å². The molecule has 8 rings (SSSR count). The van der Waals surface area contributed by atoms with Crippen molar-refractivity contribution in [3.8, 4) is 11.5 Å². The zero-order chi connectivity index (χ0) is 25.4. The van der Waals surface area contributed by atoms with Crippen molar-refractivity contribution in [2.24, 2.45) is 11.8 Å². The Kier molecular flexibility index (Phi) is 6.43. The number of phenols is 2. The summed E-state index contributed by atoms with van der Waals surface area (Å²) in [6.45, 7) is 4.88. The zero-order valence-corrected chi connectivity index (χ0v) is 21.3. The topological polar surface area (TPSA) is 56.6 Å². The van der Waals surface area contributed by atoms with Crippen molar-refractivity contribution < 1.29 is 10.2 Å². The lowest BCUT2D eigenvalue weighted by Gasteiger charge is -2.50. The van der Waals surface area contributed by atoms with Crippen molar-refractivity contribution in [1.82, 2.24) is 9.88 Å². The molecule has 3 saturated heterocycles. The molecular formula is C33H34N2O2. The second-order valence-corrected chi connectivity index (χ2v) is 10.6. The zero-order valence-electron chi connectivity index (χ0n) is 21.3. The molecule has 3 aliphatic rings. The van der Waals surface area contributed by atoms with Crippen molar-refractivity contribution in [2.45, 2.75) is 38.6 Å². The quantitative estimate of drug-likeness (QED) is 0.261. The highest BCUT2D eigenvalue weighted by atomic mass is 16.3. The summed E-state index contributed by atoms with van der Waals surface area (Å²) in [5, 5.41) is 25.1. The van der Waals surface area contributed by atoms with Gasteiger partial charge in [0.2, 0.25) is 0 Å². The third-order valence-corrected chi connectivity index (χ3v) is 8.56. The molecule has 0 spiro atoms. The van der Waals surface area contributed by atoms with Crippen LogP contribution in [0.1, 0.15) is 31.7 Å². The average Bonchev–Trinajstić information content (AvgIpc) is 2.94. The molecule has 5 aromatic rings. The Morgan fingerprint density at radius 3 is 2.43 bits per heavy atom. The molecule has 4 unspecified atom stereocenters. The molecule has 0 radical (unpaired) electrons. The molecule has 4 heterocycles. The number of hydrogen-bond acceptors (Lipinski definition) is 4. The normalized spacial score (nSPS) is 22.7. The van der Waals surface area contributed by atoms with Crippen LogP contribution in [-0.4, -0.2) is 39.2 Å². The predicted molar refractivity (Wildman–Crippen MR) is 152 cm³/mol. The first kappa shape index (κ1) is 23.7. The van der Waals surface area contributed by atoms with E-state index in [0.717, 1.165) is 45.3 Å². The SMILES string of the molecule is CCC1CN2CCC1CC2Cc1ccnc2ccc(O)cc12.Oc1cc2ccccc2c2ccccc12. The van der Waals surface area contributed by atoms with Gasteiger partial charge < -0.3 is 10.2 Å². The lowest BCUT2D eigenvalue weighted by atomic mass is 9.73. The van der Waals surface area contributed by atoms with E-state index in [1.54, 1.807) is 6.07 Å². The van der Waals surface area contributed by atoms with E-state index in [1.165, 1.54) is 43.3 Å². The Balaban J connectivity index is 0.000000146. The van der Waals surface area contributed by atoms with Crippen molar-refractivity contribution in [2.75, 3.05) is 13.1 Å². The summed E-state index contributed by atoms with van der Waals surface area (Å²) in [6.07, 6.45) is 7.02. The summed E-state index contributed by atoms with van der Waals surface area (Å²) in [7, 11) is 0. The number of benzene rings is 4. The number of hydrogen-bond donors (Lipinski definition) is 2. The van der Waals surface area contributed by atoms with E-state index in [9.17, 15) is 10.2 Å². The number of piperidine rings is 3. The van der Waals surface area contributed by atoms with E-state index in [2.05, 4.69) is 28.9 Å². The maximum absolute atomic E-state index is 9.87. The summed E-state index contributed by atoms with van der Waals surface area (Å²) in [5.41, 5.74) is 2.31. The Bertz CT molecular complexity index is 1560. The second-order valence-electron chi connectivity index (χ2n) is 10.6. The number of fused-ring (bicyclic) bond motifs is 7. The van der Waals surface area contributed by atoms with Crippen LogP contribution in [0.5, 0.6) is 11.5 Å². The molecular weight excluding hydrogens is 456 g/mol. The Labute approximate surface area is 218 Å². The van der Waals surface area contributed by atoms with Gasteiger partial charge in [-0.3, -0.25) is 9.88 Å². The Morgan fingerprint density at radius 2 is 1.65 bits per heavy atom. The molecule has 4 nitrogen and oxygen atoms in total. The van der Waals surface area contributed by atoms with Gasteiger partial charge >= 0.3 is 0 Å². The van der Waals surface area contributed by atoms with Gasteiger partial charge in [-0.25, -0.2) is 0 Å². The van der Waals surface area contributed by atoms with Crippen LogP contribution in [0.4, 0.5) is 0 Å².